The number of aromatic nitrogens is 2. The fourth-order valence-electron chi connectivity index (χ4n) is 1.78. The molecular weight excluding hydrogens is 200 g/mol. The molecule has 1 atom stereocenters. The Bertz CT molecular complexity index is 337. The Morgan fingerprint density at radius 2 is 1.88 bits per heavy atom. The van der Waals surface area contributed by atoms with Crippen molar-refractivity contribution in [2.75, 3.05) is 0 Å². The largest absolute Gasteiger partial charge is 0.388 e. The van der Waals surface area contributed by atoms with E-state index in [1.54, 1.807) is 0 Å². The molecule has 0 fully saturated rings. The minimum atomic E-state index is -0.395. The van der Waals surface area contributed by atoms with Crippen molar-refractivity contribution in [2.45, 2.75) is 53.1 Å². The minimum Gasteiger partial charge on any atom is -0.388 e. The molecule has 0 aliphatic rings. The highest BCUT2D eigenvalue weighted by Gasteiger charge is 2.12. The van der Waals surface area contributed by atoms with Gasteiger partial charge in [-0.3, -0.25) is 0 Å². The second-order valence-corrected chi connectivity index (χ2v) is 4.87. The second kappa shape index (κ2) is 5.94. The van der Waals surface area contributed by atoms with E-state index < -0.39 is 6.10 Å². The van der Waals surface area contributed by atoms with Crippen molar-refractivity contribution < 1.29 is 5.11 Å². The van der Waals surface area contributed by atoms with Crippen LogP contribution >= 0.6 is 0 Å². The van der Waals surface area contributed by atoms with E-state index in [0.29, 0.717) is 5.92 Å². The van der Waals surface area contributed by atoms with E-state index in [4.69, 9.17) is 0 Å². The molecule has 1 aromatic heterocycles. The monoisotopic (exact) mass is 222 g/mol. The Hall–Kier alpha value is -0.960. The summed E-state index contributed by atoms with van der Waals surface area (Å²) in [5.41, 5.74) is 2.63. The van der Waals surface area contributed by atoms with Gasteiger partial charge in [-0.25, -0.2) is 0 Å². The van der Waals surface area contributed by atoms with Crippen molar-refractivity contribution in [2.24, 2.45) is 5.92 Å². The highest BCUT2D eigenvalue weighted by molar-refractivity contribution is 5.22. The predicted molar refractivity (Wildman–Crippen MR) is 65.2 cm³/mol. The number of aliphatic hydroxyl groups is 1. The third kappa shape index (κ3) is 3.89. The third-order valence-corrected chi connectivity index (χ3v) is 2.76. The summed E-state index contributed by atoms with van der Waals surface area (Å²) in [4.78, 5) is 0. The van der Waals surface area contributed by atoms with Gasteiger partial charge >= 0.3 is 0 Å². The van der Waals surface area contributed by atoms with Crippen LogP contribution in [0.3, 0.4) is 0 Å². The fourth-order valence-corrected chi connectivity index (χ4v) is 1.78. The maximum atomic E-state index is 10.1. The quantitative estimate of drug-likeness (QED) is 0.833. The van der Waals surface area contributed by atoms with Crippen LogP contribution in [0.5, 0.6) is 0 Å². The van der Waals surface area contributed by atoms with Gasteiger partial charge in [0.1, 0.15) is 0 Å². The summed E-state index contributed by atoms with van der Waals surface area (Å²) in [6, 6.07) is 1.93. The summed E-state index contributed by atoms with van der Waals surface area (Å²) in [6.07, 6.45) is 2.63. The summed E-state index contributed by atoms with van der Waals surface area (Å²) >= 11 is 0. The maximum absolute atomic E-state index is 10.1. The molecule has 90 valence electrons. The Kier molecular flexibility index (Phi) is 4.87. The number of rotatable bonds is 5. The van der Waals surface area contributed by atoms with Gasteiger partial charge in [0.15, 0.2) is 0 Å². The molecule has 16 heavy (non-hydrogen) atoms. The average Bonchev–Trinajstić information content (AvgIpc) is 2.21. The Balaban J connectivity index is 2.58. The van der Waals surface area contributed by atoms with Gasteiger partial charge in [-0.1, -0.05) is 26.7 Å². The molecule has 1 aromatic rings. The molecule has 1 heterocycles. The van der Waals surface area contributed by atoms with Crippen LogP contribution in [0.15, 0.2) is 6.07 Å². The van der Waals surface area contributed by atoms with Crippen LogP contribution in [-0.2, 0) is 0 Å². The van der Waals surface area contributed by atoms with E-state index in [9.17, 15) is 5.11 Å². The lowest BCUT2D eigenvalue weighted by Crippen LogP contribution is -2.04. The van der Waals surface area contributed by atoms with Gasteiger partial charge in [0.2, 0.25) is 0 Å². The zero-order chi connectivity index (χ0) is 12.1. The van der Waals surface area contributed by atoms with Crippen LogP contribution in [-0.4, -0.2) is 15.3 Å². The lowest BCUT2D eigenvalue weighted by atomic mass is 9.99. The van der Waals surface area contributed by atoms with Gasteiger partial charge in [0, 0.05) is 5.56 Å². The second-order valence-electron chi connectivity index (χ2n) is 4.87. The normalized spacial score (nSPS) is 13.1. The fraction of sp³-hybridized carbons (Fsp3) is 0.692. The number of nitrogens with zero attached hydrogens (tertiary/aromatic N) is 2. The average molecular weight is 222 g/mol. The van der Waals surface area contributed by atoms with Crippen molar-refractivity contribution in [1.29, 1.82) is 0 Å². The molecule has 3 nitrogen and oxygen atoms in total. The van der Waals surface area contributed by atoms with Crippen LogP contribution in [0.2, 0.25) is 0 Å². The van der Waals surface area contributed by atoms with Crippen LogP contribution < -0.4 is 0 Å². The molecule has 0 aliphatic heterocycles. The molecule has 1 N–H and O–H groups in total. The smallest absolute Gasteiger partial charge is 0.0808 e. The van der Waals surface area contributed by atoms with Gasteiger partial charge in [-0.05, 0) is 32.3 Å². The first-order chi connectivity index (χ1) is 7.50. The molecule has 0 saturated carbocycles. The Labute approximate surface area is 97.9 Å². The van der Waals surface area contributed by atoms with Crippen LogP contribution in [0.25, 0.3) is 0 Å². The first-order valence-electron chi connectivity index (χ1n) is 5.99. The Morgan fingerprint density at radius 1 is 1.19 bits per heavy atom. The standard InChI is InChI=1S/C13H22N2O/c1-9(2)6-5-7-13(16)12-8-10(3)14-15-11(12)4/h8-9,13,16H,5-7H2,1-4H3. The lowest BCUT2D eigenvalue weighted by Gasteiger charge is -2.13. The molecule has 0 saturated heterocycles. The van der Waals surface area contributed by atoms with E-state index in [0.717, 1.165) is 36.2 Å². The van der Waals surface area contributed by atoms with Gasteiger partial charge in [-0.2, -0.15) is 10.2 Å². The highest BCUT2D eigenvalue weighted by atomic mass is 16.3. The highest BCUT2D eigenvalue weighted by Crippen LogP contribution is 2.22. The zero-order valence-electron chi connectivity index (χ0n) is 10.7. The number of hydrogen-bond acceptors (Lipinski definition) is 3. The summed E-state index contributed by atoms with van der Waals surface area (Å²) in [5.74, 6) is 0.700. The first kappa shape index (κ1) is 13.1. The third-order valence-electron chi connectivity index (χ3n) is 2.76. The minimum absolute atomic E-state index is 0.395. The number of hydrogen-bond donors (Lipinski definition) is 1. The molecule has 0 spiro atoms. The van der Waals surface area contributed by atoms with Crippen LogP contribution in [0.1, 0.15) is 56.2 Å². The molecule has 3 heteroatoms. The molecule has 0 aromatic carbocycles. The summed E-state index contributed by atoms with van der Waals surface area (Å²) in [6.45, 7) is 8.20. The molecule has 1 unspecified atom stereocenters. The van der Waals surface area contributed by atoms with Crippen LogP contribution in [0.4, 0.5) is 0 Å². The molecular formula is C13H22N2O. The van der Waals surface area contributed by atoms with E-state index in [1.807, 2.05) is 19.9 Å². The molecule has 1 rings (SSSR count). The molecule has 0 aliphatic carbocycles. The predicted octanol–water partition coefficient (Wildman–Crippen LogP) is 2.95. The van der Waals surface area contributed by atoms with Crippen molar-refractivity contribution in [3.8, 4) is 0 Å². The number of aliphatic hydroxyl groups excluding tert-OH is 1. The van der Waals surface area contributed by atoms with Crippen molar-refractivity contribution in [1.82, 2.24) is 10.2 Å². The van der Waals surface area contributed by atoms with Crippen LogP contribution in [0, 0.1) is 19.8 Å². The number of aryl methyl sites for hydroxylation is 2. The van der Waals surface area contributed by atoms with Crippen molar-refractivity contribution >= 4 is 0 Å². The molecule has 0 bridgehead atoms. The zero-order valence-corrected chi connectivity index (χ0v) is 10.7. The van der Waals surface area contributed by atoms with E-state index in [1.165, 1.54) is 0 Å². The van der Waals surface area contributed by atoms with Crippen molar-refractivity contribution in [3.05, 3.63) is 23.0 Å². The SMILES string of the molecule is Cc1cc(C(O)CCCC(C)C)c(C)nn1. The van der Waals surface area contributed by atoms with Crippen molar-refractivity contribution in [3.63, 3.8) is 0 Å². The molecule has 0 amide bonds. The summed E-state index contributed by atoms with van der Waals surface area (Å²) in [5, 5.41) is 18.1. The summed E-state index contributed by atoms with van der Waals surface area (Å²) < 4.78 is 0. The first-order valence-corrected chi connectivity index (χ1v) is 5.99. The van der Waals surface area contributed by atoms with E-state index in [-0.39, 0.29) is 0 Å². The maximum Gasteiger partial charge on any atom is 0.0808 e. The molecule has 0 radical (unpaired) electrons. The topological polar surface area (TPSA) is 46.0 Å². The Morgan fingerprint density at radius 3 is 2.50 bits per heavy atom. The van der Waals surface area contributed by atoms with Gasteiger partial charge < -0.3 is 5.11 Å². The van der Waals surface area contributed by atoms with Gasteiger partial charge in [-0.15, -0.1) is 0 Å². The van der Waals surface area contributed by atoms with Gasteiger partial charge in [0.25, 0.3) is 0 Å². The van der Waals surface area contributed by atoms with E-state index in [2.05, 4.69) is 24.0 Å². The lowest BCUT2D eigenvalue weighted by molar-refractivity contribution is 0.160. The summed E-state index contributed by atoms with van der Waals surface area (Å²) in [7, 11) is 0. The van der Waals surface area contributed by atoms with E-state index >= 15 is 0 Å². The van der Waals surface area contributed by atoms with Gasteiger partial charge in [0.05, 0.1) is 17.5 Å².